The van der Waals surface area contributed by atoms with Gasteiger partial charge >= 0.3 is 0 Å². The summed E-state index contributed by atoms with van der Waals surface area (Å²) >= 11 is 0. The molecule has 1 aromatic rings. The van der Waals surface area contributed by atoms with Crippen LogP contribution in [0.2, 0.25) is 0 Å². The Morgan fingerprint density at radius 3 is 2.62 bits per heavy atom. The quantitative estimate of drug-likeness (QED) is 0.799. The number of benzene rings is 1. The third-order valence-electron chi connectivity index (χ3n) is 2.16. The Labute approximate surface area is 92.4 Å². The van der Waals surface area contributed by atoms with Crippen molar-refractivity contribution in [2.75, 3.05) is 12.4 Å². The summed E-state index contributed by atoms with van der Waals surface area (Å²) in [4.78, 5) is 21.7. The largest absolute Gasteiger partial charge is 0.494 e. The lowest BCUT2D eigenvalue weighted by atomic mass is 10.1. The van der Waals surface area contributed by atoms with Gasteiger partial charge in [0.1, 0.15) is 5.82 Å². The van der Waals surface area contributed by atoms with Gasteiger partial charge in [-0.1, -0.05) is 0 Å². The number of amides is 1. The summed E-state index contributed by atoms with van der Waals surface area (Å²) in [6, 6.07) is 1.13. The second-order valence-corrected chi connectivity index (χ2v) is 3.28. The van der Waals surface area contributed by atoms with E-state index < -0.39 is 5.82 Å². The minimum atomic E-state index is -0.563. The molecule has 86 valence electrons. The Balaban J connectivity index is 3.43. The van der Waals surface area contributed by atoms with E-state index in [1.165, 1.54) is 21.0 Å². The third-order valence-corrected chi connectivity index (χ3v) is 2.16. The van der Waals surface area contributed by atoms with Crippen molar-refractivity contribution < 1.29 is 18.7 Å². The van der Waals surface area contributed by atoms with E-state index in [0.717, 1.165) is 6.07 Å². The summed E-state index contributed by atoms with van der Waals surface area (Å²) < 4.78 is 18.4. The van der Waals surface area contributed by atoms with Crippen LogP contribution in [0.3, 0.4) is 0 Å². The zero-order valence-electron chi connectivity index (χ0n) is 9.26. The molecule has 1 rings (SSSR count). The number of halogens is 1. The minimum Gasteiger partial charge on any atom is -0.494 e. The zero-order chi connectivity index (χ0) is 12.3. The van der Waals surface area contributed by atoms with Crippen LogP contribution in [0, 0.1) is 12.7 Å². The second-order valence-electron chi connectivity index (χ2n) is 3.28. The van der Waals surface area contributed by atoms with Crippen LogP contribution in [-0.4, -0.2) is 19.3 Å². The number of rotatable bonds is 3. The first-order chi connectivity index (χ1) is 7.51. The molecule has 0 spiro atoms. The Morgan fingerprint density at radius 2 is 2.19 bits per heavy atom. The highest BCUT2D eigenvalue weighted by atomic mass is 19.1. The van der Waals surface area contributed by atoms with Gasteiger partial charge in [0.25, 0.3) is 0 Å². The molecule has 0 heterocycles. The SMILES string of the molecule is COc1c(NC(C)=O)cc(F)c(C)c1C=O. The van der Waals surface area contributed by atoms with Crippen LogP contribution < -0.4 is 10.1 Å². The van der Waals surface area contributed by atoms with Gasteiger partial charge in [0.2, 0.25) is 5.91 Å². The van der Waals surface area contributed by atoms with Crippen LogP contribution in [0.15, 0.2) is 6.07 Å². The van der Waals surface area contributed by atoms with Crippen LogP contribution in [0.5, 0.6) is 5.75 Å². The lowest BCUT2D eigenvalue weighted by Crippen LogP contribution is -2.09. The number of hydrogen-bond acceptors (Lipinski definition) is 3. The van der Waals surface area contributed by atoms with Crippen molar-refractivity contribution >= 4 is 17.9 Å². The van der Waals surface area contributed by atoms with Gasteiger partial charge in [-0.05, 0) is 12.5 Å². The molecule has 0 atom stereocenters. The van der Waals surface area contributed by atoms with Gasteiger partial charge in [0.05, 0.1) is 18.4 Å². The number of methoxy groups -OCH3 is 1. The van der Waals surface area contributed by atoms with E-state index in [0.29, 0.717) is 6.29 Å². The topological polar surface area (TPSA) is 55.4 Å². The van der Waals surface area contributed by atoms with Crippen LogP contribution in [-0.2, 0) is 4.79 Å². The van der Waals surface area contributed by atoms with E-state index >= 15 is 0 Å². The van der Waals surface area contributed by atoms with Crippen molar-refractivity contribution in [3.05, 3.63) is 23.0 Å². The Hall–Kier alpha value is -1.91. The summed E-state index contributed by atoms with van der Waals surface area (Å²) in [6.45, 7) is 2.76. The number of carbonyl (C=O) groups is 2. The molecule has 0 unspecified atom stereocenters. The molecule has 5 heteroatoms. The molecule has 0 radical (unpaired) electrons. The fraction of sp³-hybridized carbons (Fsp3) is 0.273. The van der Waals surface area contributed by atoms with Crippen molar-refractivity contribution in [2.45, 2.75) is 13.8 Å². The predicted molar refractivity (Wildman–Crippen MR) is 57.4 cm³/mol. The average Bonchev–Trinajstić information content (AvgIpc) is 2.21. The van der Waals surface area contributed by atoms with Gasteiger partial charge < -0.3 is 10.1 Å². The van der Waals surface area contributed by atoms with E-state index in [4.69, 9.17) is 4.74 Å². The number of anilines is 1. The molecule has 0 aliphatic carbocycles. The number of ether oxygens (including phenoxy) is 1. The minimum absolute atomic E-state index is 0.103. The Morgan fingerprint density at radius 1 is 1.56 bits per heavy atom. The molecule has 4 nitrogen and oxygen atoms in total. The van der Waals surface area contributed by atoms with Crippen LogP contribution in [0.25, 0.3) is 0 Å². The Kier molecular flexibility index (Phi) is 3.60. The second kappa shape index (κ2) is 4.74. The number of carbonyl (C=O) groups excluding carboxylic acids is 2. The van der Waals surface area contributed by atoms with E-state index in [1.54, 1.807) is 0 Å². The van der Waals surface area contributed by atoms with Gasteiger partial charge in [0.15, 0.2) is 12.0 Å². The standard InChI is InChI=1S/C11H12FNO3/c1-6-8(5-14)11(16-3)10(4-9(6)12)13-7(2)15/h4-5H,1-3H3,(H,13,15). The summed E-state index contributed by atoms with van der Waals surface area (Å²) in [7, 11) is 1.35. The number of nitrogens with one attached hydrogen (secondary N) is 1. The molecule has 0 saturated heterocycles. The van der Waals surface area contributed by atoms with Crippen molar-refractivity contribution in [3.8, 4) is 5.75 Å². The average molecular weight is 225 g/mol. The summed E-state index contributed by atoms with van der Waals surface area (Å²) in [5, 5.41) is 2.40. The van der Waals surface area contributed by atoms with Crippen molar-refractivity contribution in [1.29, 1.82) is 0 Å². The number of hydrogen-bond donors (Lipinski definition) is 1. The summed E-state index contributed by atoms with van der Waals surface area (Å²) in [5.41, 5.74) is 0.451. The van der Waals surface area contributed by atoms with Crippen LogP contribution in [0.1, 0.15) is 22.8 Å². The lowest BCUT2D eigenvalue weighted by molar-refractivity contribution is -0.114. The van der Waals surface area contributed by atoms with E-state index in [1.807, 2.05) is 0 Å². The highest BCUT2D eigenvalue weighted by Gasteiger charge is 2.16. The molecule has 1 N–H and O–H groups in total. The van der Waals surface area contributed by atoms with E-state index in [-0.39, 0.29) is 28.5 Å². The first kappa shape index (κ1) is 12.2. The number of aldehydes is 1. The fourth-order valence-corrected chi connectivity index (χ4v) is 1.39. The van der Waals surface area contributed by atoms with Crippen molar-refractivity contribution in [2.24, 2.45) is 0 Å². The van der Waals surface area contributed by atoms with Crippen molar-refractivity contribution in [1.82, 2.24) is 0 Å². The van der Waals surface area contributed by atoms with Gasteiger partial charge in [-0.2, -0.15) is 0 Å². The molecule has 1 amide bonds. The molecular formula is C11H12FNO3. The molecule has 1 aromatic carbocycles. The van der Waals surface area contributed by atoms with Gasteiger partial charge in [-0.3, -0.25) is 9.59 Å². The fourth-order valence-electron chi connectivity index (χ4n) is 1.39. The summed E-state index contributed by atoms with van der Waals surface area (Å²) in [5.74, 6) is -0.755. The zero-order valence-corrected chi connectivity index (χ0v) is 9.26. The maximum Gasteiger partial charge on any atom is 0.221 e. The lowest BCUT2D eigenvalue weighted by Gasteiger charge is -2.13. The monoisotopic (exact) mass is 225 g/mol. The molecule has 0 fully saturated rings. The molecule has 0 aromatic heterocycles. The highest BCUT2D eigenvalue weighted by molar-refractivity contribution is 5.94. The van der Waals surface area contributed by atoms with Gasteiger partial charge in [-0.15, -0.1) is 0 Å². The van der Waals surface area contributed by atoms with Crippen LogP contribution >= 0.6 is 0 Å². The van der Waals surface area contributed by atoms with Crippen LogP contribution in [0.4, 0.5) is 10.1 Å². The van der Waals surface area contributed by atoms with E-state index in [2.05, 4.69) is 5.32 Å². The third kappa shape index (κ3) is 2.18. The van der Waals surface area contributed by atoms with Gasteiger partial charge in [-0.25, -0.2) is 4.39 Å². The smallest absolute Gasteiger partial charge is 0.221 e. The molecule has 0 bridgehead atoms. The summed E-state index contributed by atoms with van der Waals surface area (Å²) in [6.07, 6.45) is 0.503. The first-order valence-corrected chi connectivity index (χ1v) is 4.61. The van der Waals surface area contributed by atoms with E-state index in [9.17, 15) is 14.0 Å². The predicted octanol–water partition coefficient (Wildman–Crippen LogP) is 1.91. The maximum atomic E-state index is 13.4. The van der Waals surface area contributed by atoms with Crippen molar-refractivity contribution in [3.63, 3.8) is 0 Å². The molecule has 0 aliphatic heterocycles. The molecule has 0 aliphatic rings. The molecular weight excluding hydrogens is 213 g/mol. The first-order valence-electron chi connectivity index (χ1n) is 4.61. The maximum absolute atomic E-state index is 13.4. The molecule has 0 saturated carbocycles. The highest BCUT2D eigenvalue weighted by Crippen LogP contribution is 2.32. The van der Waals surface area contributed by atoms with Gasteiger partial charge in [0, 0.05) is 13.0 Å². The Bertz CT molecular complexity index is 443. The normalized spacial score (nSPS) is 9.75. The molecule has 16 heavy (non-hydrogen) atoms.